The van der Waals surface area contributed by atoms with E-state index in [0.29, 0.717) is 12.6 Å². The lowest BCUT2D eigenvalue weighted by Gasteiger charge is -2.41. The third-order valence-corrected chi connectivity index (χ3v) is 5.36. The Hall–Kier alpha value is -0.650. The number of nitrogens with zero attached hydrogens (tertiary/aromatic N) is 2. The van der Waals surface area contributed by atoms with Gasteiger partial charge < -0.3 is 5.11 Å². The molecule has 1 unspecified atom stereocenters. The maximum Gasteiger partial charge on any atom is 0.324 e. The molecule has 0 bridgehead atoms. The van der Waals surface area contributed by atoms with Gasteiger partial charge in [-0.3, -0.25) is 19.9 Å². The van der Waals surface area contributed by atoms with Crippen LogP contribution in [-0.4, -0.2) is 71.2 Å². The summed E-state index contributed by atoms with van der Waals surface area (Å²) in [6, 6.07) is 1.22. The van der Waals surface area contributed by atoms with E-state index in [9.17, 15) is 9.90 Å². The average molecular weight is 295 g/mol. The Morgan fingerprint density at radius 1 is 1.14 bits per heavy atom. The van der Waals surface area contributed by atoms with Gasteiger partial charge in [-0.05, 0) is 32.6 Å². The molecule has 2 saturated carbocycles. The molecule has 2 aliphatic carbocycles. The molecule has 120 valence electrons. The highest BCUT2D eigenvalue weighted by Crippen LogP contribution is 2.26. The minimum absolute atomic E-state index is 0.422. The maximum absolute atomic E-state index is 11.6. The molecule has 0 radical (unpaired) electrons. The van der Waals surface area contributed by atoms with E-state index in [0.717, 1.165) is 45.1 Å². The summed E-state index contributed by atoms with van der Waals surface area (Å²) in [7, 11) is 0. The van der Waals surface area contributed by atoms with Crippen molar-refractivity contribution in [2.45, 2.75) is 63.1 Å². The zero-order chi connectivity index (χ0) is 14.9. The van der Waals surface area contributed by atoms with Crippen molar-refractivity contribution in [3.8, 4) is 0 Å². The van der Waals surface area contributed by atoms with Crippen LogP contribution in [0.1, 0.15) is 45.4 Å². The summed E-state index contributed by atoms with van der Waals surface area (Å²) in [6.45, 7) is 6.68. The number of piperazine rings is 1. The smallest absolute Gasteiger partial charge is 0.324 e. The fourth-order valence-corrected chi connectivity index (χ4v) is 3.86. The first-order valence-electron chi connectivity index (χ1n) is 8.54. The quantitative estimate of drug-likeness (QED) is 0.770. The number of hydrogen-bond donors (Lipinski definition) is 2. The van der Waals surface area contributed by atoms with Crippen LogP contribution < -0.4 is 5.32 Å². The van der Waals surface area contributed by atoms with Gasteiger partial charge in [0, 0.05) is 44.8 Å². The summed E-state index contributed by atoms with van der Waals surface area (Å²) in [6.07, 6.45) is 7.73. The molecule has 3 fully saturated rings. The Morgan fingerprint density at radius 2 is 1.76 bits per heavy atom. The van der Waals surface area contributed by atoms with E-state index < -0.39 is 11.5 Å². The second kappa shape index (κ2) is 6.23. The second-order valence-corrected chi connectivity index (χ2v) is 7.31. The van der Waals surface area contributed by atoms with Gasteiger partial charge in [-0.25, -0.2) is 0 Å². The Kier molecular flexibility index (Phi) is 4.52. The highest BCUT2D eigenvalue weighted by atomic mass is 16.4. The van der Waals surface area contributed by atoms with Crippen molar-refractivity contribution >= 4 is 5.97 Å². The molecule has 5 heteroatoms. The van der Waals surface area contributed by atoms with E-state index >= 15 is 0 Å². The van der Waals surface area contributed by atoms with Crippen LogP contribution in [0.15, 0.2) is 0 Å². The summed E-state index contributed by atoms with van der Waals surface area (Å²) in [4.78, 5) is 16.6. The molecule has 3 rings (SSSR count). The van der Waals surface area contributed by atoms with Gasteiger partial charge in [0.2, 0.25) is 0 Å². The normalized spacial score (nSPS) is 28.6. The van der Waals surface area contributed by atoms with Gasteiger partial charge in [0.25, 0.3) is 0 Å². The minimum atomic E-state index is -0.795. The number of nitrogens with one attached hydrogen (secondary N) is 1. The molecule has 1 heterocycles. The third-order valence-electron chi connectivity index (χ3n) is 5.36. The van der Waals surface area contributed by atoms with Gasteiger partial charge in [0.1, 0.15) is 5.54 Å². The van der Waals surface area contributed by atoms with Crippen LogP contribution in [0.2, 0.25) is 0 Å². The molecule has 1 aliphatic heterocycles. The lowest BCUT2D eigenvalue weighted by molar-refractivity contribution is -0.145. The molecule has 0 spiro atoms. The van der Waals surface area contributed by atoms with Gasteiger partial charge >= 0.3 is 5.97 Å². The standard InChI is InChI=1S/C16H29N3O2/c1-16(15(20)21,17-13-6-7-13)12-18-8-10-19(11-9-18)14-4-2-3-5-14/h13-14,17H,2-12H2,1H3,(H,20,21). The number of carboxylic acid groups (broad SMARTS) is 1. The topological polar surface area (TPSA) is 55.8 Å². The summed E-state index contributed by atoms with van der Waals surface area (Å²) >= 11 is 0. The first-order valence-corrected chi connectivity index (χ1v) is 8.54. The van der Waals surface area contributed by atoms with E-state index in [1.54, 1.807) is 0 Å². The largest absolute Gasteiger partial charge is 0.480 e. The Morgan fingerprint density at radius 3 is 2.29 bits per heavy atom. The third kappa shape index (κ3) is 3.76. The average Bonchev–Trinajstić information content (AvgIpc) is 3.09. The zero-order valence-electron chi connectivity index (χ0n) is 13.2. The lowest BCUT2D eigenvalue weighted by Crippen LogP contribution is -2.60. The molecule has 1 atom stereocenters. The zero-order valence-corrected chi connectivity index (χ0v) is 13.2. The van der Waals surface area contributed by atoms with Gasteiger partial charge in [-0.2, -0.15) is 0 Å². The predicted molar refractivity (Wildman–Crippen MR) is 82.5 cm³/mol. The second-order valence-electron chi connectivity index (χ2n) is 7.31. The van der Waals surface area contributed by atoms with Gasteiger partial charge in [0.15, 0.2) is 0 Å². The first kappa shape index (κ1) is 15.3. The van der Waals surface area contributed by atoms with Crippen LogP contribution in [0, 0.1) is 0 Å². The van der Waals surface area contributed by atoms with Crippen molar-refractivity contribution in [3.63, 3.8) is 0 Å². The van der Waals surface area contributed by atoms with Crippen LogP contribution in [0.4, 0.5) is 0 Å². The number of rotatable bonds is 6. The molecule has 0 aromatic heterocycles. The van der Waals surface area contributed by atoms with Crippen LogP contribution >= 0.6 is 0 Å². The van der Waals surface area contributed by atoms with Crippen molar-refractivity contribution in [2.24, 2.45) is 0 Å². The monoisotopic (exact) mass is 295 g/mol. The van der Waals surface area contributed by atoms with Gasteiger partial charge in [-0.15, -0.1) is 0 Å². The summed E-state index contributed by atoms with van der Waals surface area (Å²) in [5.74, 6) is -0.715. The molecular weight excluding hydrogens is 266 g/mol. The maximum atomic E-state index is 11.6. The van der Waals surface area contributed by atoms with Crippen molar-refractivity contribution in [3.05, 3.63) is 0 Å². The van der Waals surface area contributed by atoms with Crippen molar-refractivity contribution in [1.29, 1.82) is 0 Å². The first-order chi connectivity index (χ1) is 10.1. The molecule has 5 nitrogen and oxygen atoms in total. The highest BCUT2D eigenvalue weighted by molar-refractivity contribution is 5.78. The van der Waals surface area contributed by atoms with E-state index in [-0.39, 0.29) is 0 Å². The molecule has 0 aromatic carbocycles. The number of hydrogen-bond acceptors (Lipinski definition) is 4. The summed E-state index contributed by atoms with van der Waals surface area (Å²) < 4.78 is 0. The molecule has 21 heavy (non-hydrogen) atoms. The fraction of sp³-hybridized carbons (Fsp3) is 0.938. The fourth-order valence-electron chi connectivity index (χ4n) is 3.86. The summed E-state index contributed by atoms with van der Waals surface area (Å²) in [5, 5.41) is 12.9. The molecule has 3 aliphatic rings. The van der Waals surface area contributed by atoms with Crippen LogP contribution in [-0.2, 0) is 4.79 Å². The molecule has 0 aromatic rings. The van der Waals surface area contributed by atoms with Crippen LogP contribution in [0.5, 0.6) is 0 Å². The van der Waals surface area contributed by atoms with E-state index in [1.165, 1.54) is 25.7 Å². The van der Waals surface area contributed by atoms with Crippen LogP contribution in [0.25, 0.3) is 0 Å². The SMILES string of the molecule is CC(CN1CCN(C2CCCC2)CC1)(NC1CC1)C(=O)O. The molecule has 2 N–H and O–H groups in total. The van der Waals surface area contributed by atoms with E-state index in [4.69, 9.17) is 0 Å². The van der Waals surface area contributed by atoms with Crippen molar-refractivity contribution in [2.75, 3.05) is 32.7 Å². The number of carbonyl (C=O) groups is 1. The van der Waals surface area contributed by atoms with E-state index in [1.807, 2.05) is 6.92 Å². The summed E-state index contributed by atoms with van der Waals surface area (Å²) in [5.41, 5.74) is -0.795. The molecule has 0 amide bonds. The number of carboxylic acids is 1. The van der Waals surface area contributed by atoms with Crippen LogP contribution in [0.3, 0.4) is 0 Å². The lowest BCUT2D eigenvalue weighted by atomic mass is 10.0. The number of aliphatic carboxylic acids is 1. The highest BCUT2D eigenvalue weighted by Gasteiger charge is 2.40. The Bertz CT molecular complexity index is 372. The van der Waals surface area contributed by atoms with Crippen molar-refractivity contribution < 1.29 is 9.90 Å². The predicted octanol–water partition coefficient (Wildman–Crippen LogP) is 1.14. The van der Waals surface area contributed by atoms with E-state index in [2.05, 4.69) is 15.1 Å². The Labute approximate surface area is 127 Å². The van der Waals surface area contributed by atoms with Gasteiger partial charge in [-0.1, -0.05) is 12.8 Å². The van der Waals surface area contributed by atoms with Crippen molar-refractivity contribution in [1.82, 2.24) is 15.1 Å². The molecule has 1 saturated heterocycles. The Balaban J connectivity index is 1.49. The van der Waals surface area contributed by atoms with Gasteiger partial charge in [0.05, 0.1) is 0 Å². The minimum Gasteiger partial charge on any atom is -0.480 e. The molecular formula is C16H29N3O2.